The van der Waals surface area contributed by atoms with E-state index in [1.807, 2.05) is 25.1 Å². The van der Waals surface area contributed by atoms with Crippen molar-refractivity contribution in [3.63, 3.8) is 0 Å². The van der Waals surface area contributed by atoms with E-state index in [1.54, 1.807) is 30.8 Å². The molecule has 1 unspecified atom stereocenters. The molecule has 0 heterocycles. The standard InChI is InChI=1S/C12H17NOS/c1-10(12(14)13(2)3)15-9-11-7-5-4-6-8-11/h4-8,10H,9H2,1-3H3. The fourth-order valence-corrected chi connectivity index (χ4v) is 2.22. The molecule has 2 nitrogen and oxygen atoms in total. The van der Waals surface area contributed by atoms with Gasteiger partial charge in [-0.3, -0.25) is 4.79 Å². The van der Waals surface area contributed by atoms with E-state index in [1.165, 1.54) is 5.56 Å². The Bertz CT molecular complexity index is 311. The van der Waals surface area contributed by atoms with Gasteiger partial charge in [0.1, 0.15) is 0 Å². The van der Waals surface area contributed by atoms with Gasteiger partial charge >= 0.3 is 0 Å². The van der Waals surface area contributed by atoms with Crippen LogP contribution in [-0.2, 0) is 10.5 Å². The van der Waals surface area contributed by atoms with Gasteiger partial charge in [-0.05, 0) is 12.5 Å². The number of rotatable bonds is 4. The molecular formula is C12H17NOS. The SMILES string of the molecule is CC(SCc1ccccc1)C(=O)N(C)C. The van der Waals surface area contributed by atoms with Crippen LogP contribution in [0, 0.1) is 0 Å². The summed E-state index contributed by atoms with van der Waals surface area (Å²) in [5, 5.41) is 0.0280. The fourth-order valence-electron chi connectivity index (χ4n) is 1.23. The summed E-state index contributed by atoms with van der Waals surface area (Å²) >= 11 is 1.67. The minimum absolute atomic E-state index is 0.0280. The molecule has 0 aliphatic rings. The predicted octanol–water partition coefficient (Wildman–Crippen LogP) is 2.40. The lowest BCUT2D eigenvalue weighted by molar-refractivity contribution is -0.127. The Hall–Kier alpha value is -0.960. The molecule has 1 atom stereocenters. The quantitative estimate of drug-likeness (QED) is 0.781. The van der Waals surface area contributed by atoms with Crippen LogP contribution in [0.25, 0.3) is 0 Å². The number of hydrogen-bond acceptors (Lipinski definition) is 2. The fraction of sp³-hybridized carbons (Fsp3) is 0.417. The van der Waals surface area contributed by atoms with Crippen LogP contribution < -0.4 is 0 Å². The Kier molecular flexibility index (Phi) is 4.69. The summed E-state index contributed by atoms with van der Waals surface area (Å²) in [4.78, 5) is 13.2. The first-order valence-electron chi connectivity index (χ1n) is 4.98. The van der Waals surface area contributed by atoms with Crippen molar-refractivity contribution in [2.45, 2.75) is 17.9 Å². The van der Waals surface area contributed by atoms with E-state index >= 15 is 0 Å². The molecule has 1 rings (SSSR count). The third-order valence-electron chi connectivity index (χ3n) is 2.13. The molecule has 82 valence electrons. The molecule has 1 aromatic rings. The lowest BCUT2D eigenvalue weighted by atomic mass is 10.2. The molecule has 0 aliphatic carbocycles. The molecule has 0 bridgehead atoms. The van der Waals surface area contributed by atoms with Gasteiger partial charge in [0.2, 0.25) is 5.91 Å². The summed E-state index contributed by atoms with van der Waals surface area (Å²) in [6.45, 7) is 1.95. The first-order valence-corrected chi connectivity index (χ1v) is 6.03. The van der Waals surface area contributed by atoms with Crippen molar-refractivity contribution in [1.29, 1.82) is 0 Å². The van der Waals surface area contributed by atoms with Crippen LogP contribution in [0.2, 0.25) is 0 Å². The zero-order chi connectivity index (χ0) is 11.3. The first kappa shape index (κ1) is 12.1. The molecule has 0 N–H and O–H groups in total. The highest BCUT2D eigenvalue weighted by atomic mass is 32.2. The van der Waals surface area contributed by atoms with Gasteiger partial charge in [-0.25, -0.2) is 0 Å². The summed E-state index contributed by atoms with van der Waals surface area (Å²) in [7, 11) is 3.59. The lowest BCUT2D eigenvalue weighted by Gasteiger charge is -2.16. The summed E-state index contributed by atoms with van der Waals surface area (Å²) in [5.74, 6) is 1.07. The second-order valence-electron chi connectivity index (χ2n) is 3.67. The number of thioether (sulfide) groups is 1. The smallest absolute Gasteiger partial charge is 0.234 e. The molecule has 0 saturated carbocycles. The molecule has 1 aromatic carbocycles. The molecule has 0 saturated heterocycles. The van der Waals surface area contributed by atoms with E-state index < -0.39 is 0 Å². The molecule has 15 heavy (non-hydrogen) atoms. The Morgan fingerprint density at radius 3 is 2.47 bits per heavy atom. The van der Waals surface area contributed by atoms with Crippen molar-refractivity contribution in [2.24, 2.45) is 0 Å². The van der Waals surface area contributed by atoms with Gasteiger partial charge in [0.25, 0.3) is 0 Å². The minimum atomic E-state index is 0.0280. The molecule has 1 amide bonds. The zero-order valence-corrected chi connectivity index (χ0v) is 10.3. The molecular weight excluding hydrogens is 206 g/mol. The monoisotopic (exact) mass is 223 g/mol. The van der Waals surface area contributed by atoms with Crippen molar-refractivity contribution in [3.05, 3.63) is 35.9 Å². The van der Waals surface area contributed by atoms with E-state index in [0.29, 0.717) is 0 Å². The molecule has 0 spiro atoms. The Balaban J connectivity index is 2.41. The zero-order valence-electron chi connectivity index (χ0n) is 9.43. The van der Waals surface area contributed by atoms with Crippen LogP contribution in [-0.4, -0.2) is 30.2 Å². The van der Waals surface area contributed by atoms with E-state index in [-0.39, 0.29) is 11.2 Å². The van der Waals surface area contributed by atoms with Crippen molar-refractivity contribution < 1.29 is 4.79 Å². The topological polar surface area (TPSA) is 20.3 Å². The van der Waals surface area contributed by atoms with Crippen LogP contribution >= 0.6 is 11.8 Å². The van der Waals surface area contributed by atoms with Crippen LogP contribution in [0.3, 0.4) is 0 Å². The van der Waals surface area contributed by atoms with E-state index in [2.05, 4.69) is 12.1 Å². The number of hydrogen-bond donors (Lipinski definition) is 0. The van der Waals surface area contributed by atoms with Gasteiger partial charge < -0.3 is 4.90 Å². The largest absolute Gasteiger partial charge is 0.348 e. The average Bonchev–Trinajstić information content (AvgIpc) is 2.26. The Morgan fingerprint density at radius 1 is 1.33 bits per heavy atom. The average molecular weight is 223 g/mol. The molecule has 0 radical (unpaired) electrons. The van der Waals surface area contributed by atoms with Crippen molar-refractivity contribution in [1.82, 2.24) is 4.90 Å². The summed E-state index contributed by atoms with van der Waals surface area (Å²) in [6.07, 6.45) is 0. The highest BCUT2D eigenvalue weighted by molar-refractivity contribution is 7.99. The molecule has 3 heteroatoms. The number of nitrogens with zero attached hydrogens (tertiary/aromatic N) is 1. The Labute approximate surface area is 95.7 Å². The summed E-state index contributed by atoms with van der Waals surface area (Å²) < 4.78 is 0. The van der Waals surface area contributed by atoms with Gasteiger partial charge in [0.05, 0.1) is 5.25 Å². The van der Waals surface area contributed by atoms with Gasteiger partial charge in [0, 0.05) is 19.8 Å². The van der Waals surface area contributed by atoms with Gasteiger partial charge in [-0.1, -0.05) is 30.3 Å². The van der Waals surface area contributed by atoms with Crippen LogP contribution in [0.5, 0.6) is 0 Å². The molecule has 0 aromatic heterocycles. The maximum atomic E-state index is 11.6. The third-order valence-corrected chi connectivity index (χ3v) is 3.33. The maximum Gasteiger partial charge on any atom is 0.234 e. The van der Waals surface area contributed by atoms with Gasteiger partial charge in [-0.15, -0.1) is 11.8 Å². The van der Waals surface area contributed by atoms with Gasteiger partial charge in [0.15, 0.2) is 0 Å². The second-order valence-corrected chi connectivity index (χ2v) is 5.00. The van der Waals surface area contributed by atoms with Crippen LogP contribution in [0.1, 0.15) is 12.5 Å². The number of amides is 1. The van der Waals surface area contributed by atoms with Crippen molar-refractivity contribution in [3.8, 4) is 0 Å². The summed E-state index contributed by atoms with van der Waals surface area (Å²) in [5.41, 5.74) is 1.26. The number of benzene rings is 1. The first-order chi connectivity index (χ1) is 7.11. The second kappa shape index (κ2) is 5.81. The predicted molar refractivity (Wildman–Crippen MR) is 65.9 cm³/mol. The van der Waals surface area contributed by atoms with E-state index in [4.69, 9.17) is 0 Å². The van der Waals surface area contributed by atoms with E-state index in [9.17, 15) is 4.79 Å². The summed E-state index contributed by atoms with van der Waals surface area (Å²) in [6, 6.07) is 10.2. The number of carbonyl (C=O) groups is 1. The van der Waals surface area contributed by atoms with Crippen molar-refractivity contribution >= 4 is 17.7 Å². The highest BCUT2D eigenvalue weighted by Crippen LogP contribution is 2.18. The van der Waals surface area contributed by atoms with Crippen molar-refractivity contribution in [2.75, 3.05) is 14.1 Å². The normalized spacial score (nSPS) is 12.2. The highest BCUT2D eigenvalue weighted by Gasteiger charge is 2.14. The minimum Gasteiger partial charge on any atom is -0.348 e. The van der Waals surface area contributed by atoms with Gasteiger partial charge in [-0.2, -0.15) is 0 Å². The van der Waals surface area contributed by atoms with Crippen LogP contribution in [0.4, 0.5) is 0 Å². The molecule has 0 aliphatic heterocycles. The third kappa shape index (κ3) is 3.96. The number of carbonyl (C=O) groups excluding carboxylic acids is 1. The Morgan fingerprint density at radius 2 is 1.93 bits per heavy atom. The molecule has 0 fully saturated rings. The maximum absolute atomic E-state index is 11.6. The van der Waals surface area contributed by atoms with E-state index in [0.717, 1.165) is 5.75 Å². The lowest BCUT2D eigenvalue weighted by Crippen LogP contribution is -2.29. The van der Waals surface area contributed by atoms with Crippen LogP contribution in [0.15, 0.2) is 30.3 Å².